The molecule has 1 heterocycles. The number of hydrogen-bond donors (Lipinski definition) is 1. The average Bonchev–Trinajstić information content (AvgIpc) is 2.89. The quantitative estimate of drug-likeness (QED) is 0.927. The molecule has 1 unspecified atom stereocenters. The number of hydrogen-bond acceptors (Lipinski definition) is 2. The number of carbonyl (C=O) groups is 2. The normalized spacial score (nSPS) is 18.4. The van der Waals surface area contributed by atoms with Gasteiger partial charge in [0.25, 0.3) is 5.91 Å². The Kier molecular flexibility index (Phi) is 4.01. The van der Waals surface area contributed by atoms with Crippen LogP contribution in [-0.2, 0) is 0 Å². The Balaban J connectivity index is 2.34. The standard InChI is InChI=1S/C14H15F2NO3/c1-2-8-3-4-17(7-8)13(18)9-5-11(15)12(16)6-10(9)14(19)20/h5-6,8H,2-4,7H2,1H3,(H,19,20). The van der Waals surface area contributed by atoms with E-state index in [-0.39, 0.29) is 5.56 Å². The van der Waals surface area contributed by atoms with Gasteiger partial charge in [-0.1, -0.05) is 13.3 Å². The summed E-state index contributed by atoms with van der Waals surface area (Å²) in [5, 5.41) is 9.01. The molecule has 0 spiro atoms. The molecule has 0 radical (unpaired) electrons. The maximum Gasteiger partial charge on any atom is 0.336 e. The molecule has 1 aliphatic heterocycles. The van der Waals surface area contributed by atoms with Crippen molar-refractivity contribution in [1.82, 2.24) is 4.90 Å². The molecule has 2 rings (SSSR count). The number of benzene rings is 1. The molecule has 20 heavy (non-hydrogen) atoms. The number of carbonyl (C=O) groups excluding carboxylic acids is 1. The van der Waals surface area contributed by atoms with Crippen molar-refractivity contribution in [3.05, 3.63) is 34.9 Å². The van der Waals surface area contributed by atoms with Crippen LogP contribution in [0.3, 0.4) is 0 Å². The van der Waals surface area contributed by atoms with Gasteiger partial charge >= 0.3 is 5.97 Å². The molecule has 1 aromatic carbocycles. The number of nitrogens with zero attached hydrogens (tertiary/aromatic N) is 1. The fourth-order valence-corrected chi connectivity index (χ4v) is 2.42. The lowest BCUT2D eigenvalue weighted by molar-refractivity contribution is 0.0679. The Morgan fingerprint density at radius 3 is 2.40 bits per heavy atom. The first-order chi connectivity index (χ1) is 9.43. The lowest BCUT2D eigenvalue weighted by Gasteiger charge is -2.17. The van der Waals surface area contributed by atoms with E-state index >= 15 is 0 Å². The number of aromatic carboxylic acids is 1. The number of halogens is 2. The van der Waals surface area contributed by atoms with Gasteiger partial charge in [-0.15, -0.1) is 0 Å². The molecule has 0 saturated carbocycles. The van der Waals surface area contributed by atoms with E-state index in [0.717, 1.165) is 12.8 Å². The third kappa shape index (κ3) is 2.64. The van der Waals surface area contributed by atoms with E-state index in [9.17, 15) is 18.4 Å². The summed E-state index contributed by atoms with van der Waals surface area (Å²) >= 11 is 0. The Labute approximate surface area is 115 Å². The molecule has 6 heteroatoms. The van der Waals surface area contributed by atoms with E-state index in [1.165, 1.54) is 4.90 Å². The Morgan fingerprint density at radius 2 is 1.90 bits per heavy atom. The number of likely N-dealkylation sites (tertiary alicyclic amines) is 1. The lowest BCUT2D eigenvalue weighted by atomic mass is 10.1. The van der Waals surface area contributed by atoms with Gasteiger partial charge in [0, 0.05) is 13.1 Å². The molecule has 0 aromatic heterocycles. The Hall–Kier alpha value is -1.98. The second kappa shape index (κ2) is 5.56. The summed E-state index contributed by atoms with van der Waals surface area (Å²) < 4.78 is 26.4. The molecular weight excluding hydrogens is 268 g/mol. The minimum absolute atomic E-state index is 0.298. The second-order valence-electron chi connectivity index (χ2n) is 4.93. The highest BCUT2D eigenvalue weighted by Crippen LogP contribution is 2.23. The van der Waals surface area contributed by atoms with E-state index in [1.54, 1.807) is 0 Å². The predicted octanol–water partition coefficient (Wildman–Crippen LogP) is 2.54. The lowest BCUT2D eigenvalue weighted by Crippen LogP contribution is -2.30. The third-order valence-electron chi connectivity index (χ3n) is 3.67. The second-order valence-corrected chi connectivity index (χ2v) is 4.93. The van der Waals surface area contributed by atoms with Crippen LogP contribution in [0.15, 0.2) is 12.1 Å². The van der Waals surface area contributed by atoms with E-state index in [1.807, 2.05) is 6.92 Å². The van der Waals surface area contributed by atoms with Crippen LogP contribution in [0.1, 0.15) is 40.5 Å². The van der Waals surface area contributed by atoms with Crippen LogP contribution >= 0.6 is 0 Å². The summed E-state index contributed by atoms with van der Waals surface area (Å²) in [5.41, 5.74) is -0.804. The van der Waals surface area contributed by atoms with Crippen molar-refractivity contribution in [1.29, 1.82) is 0 Å². The minimum atomic E-state index is -1.45. The molecule has 1 fully saturated rings. The van der Waals surface area contributed by atoms with Gasteiger partial charge in [0.15, 0.2) is 11.6 Å². The van der Waals surface area contributed by atoms with Gasteiger partial charge < -0.3 is 10.0 Å². The van der Waals surface area contributed by atoms with Crippen molar-refractivity contribution in [3.63, 3.8) is 0 Å². The highest BCUT2D eigenvalue weighted by molar-refractivity contribution is 6.04. The summed E-state index contributed by atoms with van der Waals surface area (Å²) in [4.78, 5) is 24.8. The largest absolute Gasteiger partial charge is 0.478 e. The van der Waals surface area contributed by atoms with Crippen LogP contribution in [0.25, 0.3) is 0 Å². The molecule has 0 bridgehead atoms. The summed E-state index contributed by atoms with van der Waals surface area (Å²) in [6, 6.07) is 1.22. The SMILES string of the molecule is CCC1CCN(C(=O)c2cc(F)c(F)cc2C(=O)O)C1. The maximum absolute atomic E-state index is 13.3. The topological polar surface area (TPSA) is 57.6 Å². The Morgan fingerprint density at radius 1 is 1.30 bits per heavy atom. The zero-order chi connectivity index (χ0) is 14.9. The van der Waals surface area contributed by atoms with Crippen LogP contribution in [0.5, 0.6) is 0 Å². The fourth-order valence-electron chi connectivity index (χ4n) is 2.42. The molecule has 1 amide bonds. The minimum Gasteiger partial charge on any atom is -0.478 e. The molecule has 1 aliphatic rings. The maximum atomic E-state index is 13.3. The van der Waals surface area contributed by atoms with Gasteiger partial charge in [-0.05, 0) is 24.5 Å². The molecule has 108 valence electrons. The highest BCUT2D eigenvalue weighted by Gasteiger charge is 2.29. The average molecular weight is 283 g/mol. The molecule has 1 atom stereocenters. The summed E-state index contributed by atoms with van der Waals surface area (Å²) in [6.07, 6.45) is 1.77. The smallest absolute Gasteiger partial charge is 0.336 e. The molecule has 4 nitrogen and oxygen atoms in total. The van der Waals surface area contributed by atoms with Crippen molar-refractivity contribution in [3.8, 4) is 0 Å². The van der Waals surface area contributed by atoms with E-state index < -0.39 is 29.1 Å². The number of rotatable bonds is 3. The van der Waals surface area contributed by atoms with Crippen LogP contribution in [0, 0.1) is 17.6 Å². The predicted molar refractivity (Wildman–Crippen MR) is 67.6 cm³/mol. The first kappa shape index (κ1) is 14.4. The van der Waals surface area contributed by atoms with Crippen LogP contribution in [0.2, 0.25) is 0 Å². The van der Waals surface area contributed by atoms with Crippen LogP contribution in [0.4, 0.5) is 8.78 Å². The number of carboxylic acid groups (broad SMARTS) is 1. The van der Waals surface area contributed by atoms with E-state index in [0.29, 0.717) is 31.1 Å². The first-order valence-corrected chi connectivity index (χ1v) is 6.45. The van der Waals surface area contributed by atoms with Gasteiger partial charge in [0.1, 0.15) is 0 Å². The molecule has 1 aromatic rings. The Bertz CT molecular complexity index is 560. The summed E-state index contributed by atoms with van der Waals surface area (Å²) in [5.74, 6) is -4.12. The van der Waals surface area contributed by atoms with E-state index in [2.05, 4.69) is 0 Å². The zero-order valence-corrected chi connectivity index (χ0v) is 11.0. The van der Waals surface area contributed by atoms with Crippen molar-refractivity contribution in [2.24, 2.45) is 5.92 Å². The summed E-state index contributed by atoms with van der Waals surface area (Å²) in [7, 11) is 0. The van der Waals surface area contributed by atoms with Crippen molar-refractivity contribution >= 4 is 11.9 Å². The van der Waals surface area contributed by atoms with Crippen LogP contribution < -0.4 is 0 Å². The zero-order valence-electron chi connectivity index (χ0n) is 11.0. The van der Waals surface area contributed by atoms with Gasteiger partial charge in [-0.25, -0.2) is 13.6 Å². The van der Waals surface area contributed by atoms with Crippen molar-refractivity contribution in [2.75, 3.05) is 13.1 Å². The fraction of sp³-hybridized carbons (Fsp3) is 0.429. The van der Waals surface area contributed by atoms with E-state index in [4.69, 9.17) is 5.11 Å². The van der Waals surface area contributed by atoms with Gasteiger partial charge in [-0.3, -0.25) is 4.79 Å². The van der Waals surface area contributed by atoms with Crippen molar-refractivity contribution in [2.45, 2.75) is 19.8 Å². The summed E-state index contributed by atoms with van der Waals surface area (Å²) in [6.45, 7) is 3.04. The van der Waals surface area contributed by atoms with Gasteiger partial charge in [0.05, 0.1) is 11.1 Å². The molecule has 1 saturated heterocycles. The first-order valence-electron chi connectivity index (χ1n) is 6.45. The third-order valence-corrected chi connectivity index (χ3v) is 3.67. The van der Waals surface area contributed by atoms with Crippen LogP contribution in [-0.4, -0.2) is 35.0 Å². The molecule has 0 aliphatic carbocycles. The van der Waals surface area contributed by atoms with Crippen molar-refractivity contribution < 1.29 is 23.5 Å². The number of carboxylic acids is 1. The monoisotopic (exact) mass is 283 g/mol. The van der Waals surface area contributed by atoms with Gasteiger partial charge in [-0.2, -0.15) is 0 Å². The highest BCUT2D eigenvalue weighted by atomic mass is 19.2. The number of amides is 1. The van der Waals surface area contributed by atoms with Gasteiger partial charge in [0.2, 0.25) is 0 Å². The molecule has 1 N–H and O–H groups in total. The molecular formula is C14H15F2NO3.